The summed E-state index contributed by atoms with van der Waals surface area (Å²) in [6.45, 7) is 4.24. The van der Waals surface area contributed by atoms with Crippen molar-refractivity contribution >= 4 is 17.4 Å². The quantitative estimate of drug-likeness (QED) is 0.515. The molecule has 0 unspecified atom stereocenters. The smallest absolute Gasteiger partial charge is 0.295 e. The highest BCUT2D eigenvalue weighted by Crippen LogP contribution is 2.39. The lowest BCUT2D eigenvalue weighted by Crippen LogP contribution is -2.33. The molecule has 1 saturated heterocycles. The fourth-order valence-corrected chi connectivity index (χ4v) is 3.20. The highest BCUT2D eigenvalue weighted by atomic mass is 19.1. The number of ketones is 1. The third-order valence-electron chi connectivity index (χ3n) is 4.33. The molecular formula is C21H20FNO3. The highest BCUT2D eigenvalue weighted by Gasteiger charge is 2.46. The van der Waals surface area contributed by atoms with Crippen LogP contribution in [-0.4, -0.2) is 28.2 Å². The average molecular weight is 353 g/mol. The van der Waals surface area contributed by atoms with Crippen molar-refractivity contribution < 1.29 is 19.1 Å². The molecule has 0 radical (unpaired) electrons. The Balaban J connectivity index is 2.18. The number of rotatable bonds is 4. The summed E-state index contributed by atoms with van der Waals surface area (Å²) < 4.78 is 13.3. The van der Waals surface area contributed by atoms with E-state index in [-0.39, 0.29) is 17.3 Å². The van der Waals surface area contributed by atoms with E-state index < -0.39 is 23.5 Å². The molecule has 0 aromatic heterocycles. The Bertz CT molecular complexity index is 857. The summed E-state index contributed by atoms with van der Waals surface area (Å²) in [7, 11) is 0. The molecule has 0 bridgehead atoms. The molecule has 26 heavy (non-hydrogen) atoms. The molecule has 0 aliphatic carbocycles. The Kier molecular flexibility index (Phi) is 4.89. The number of aliphatic hydroxyl groups is 1. The van der Waals surface area contributed by atoms with Crippen molar-refractivity contribution in [2.45, 2.75) is 19.9 Å². The summed E-state index contributed by atoms with van der Waals surface area (Å²) in [5.41, 5.74) is 1.08. The zero-order chi connectivity index (χ0) is 18.8. The van der Waals surface area contributed by atoms with E-state index in [4.69, 9.17) is 0 Å². The lowest BCUT2D eigenvalue weighted by atomic mass is 9.95. The first kappa shape index (κ1) is 17.9. The topological polar surface area (TPSA) is 57.6 Å². The second kappa shape index (κ2) is 7.12. The number of nitrogens with zero attached hydrogens (tertiary/aromatic N) is 1. The van der Waals surface area contributed by atoms with Gasteiger partial charge in [-0.05, 0) is 23.6 Å². The van der Waals surface area contributed by atoms with Crippen molar-refractivity contribution in [2.75, 3.05) is 6.54 Å². The third-order valence-corrected chi connectivity index (χ3v) is 4.33. The van der Waals surface area contributed by atoms with Gasteiger partial charge in [-0.1, -0.05) is 56.3 Å². The molecule has 0 spiro atoms. The van der Waals surface area contributed by atoms with Crippen LogP contribution in [0.1, 0.15) is 31.0 Å². The van der Waals surface area contributed by atoms with E-state index in [1.807, 2.05) is 13.8 Å². The molecule has 4 nitrogen and oxygen atoms in total. The van der Waals surface area contributed by atoms with Crippen molar-refractivity contribution in [2.24, 2.45) is 5.92 Å². The Labute approximate surface area is 151 Å². The van der Waals surface area contributed by atoms with Crippen LogP contribution in [0.2, 0.25) is 0 Å². The molecule has 2 aromatic carbocycles. The van der Waals surface area contributed by atoms with E-state index in [2.05, 4.69) is 0 Å². The summed E-state index contributed by atoms with van der Waals surface area (Å²) in [6.07, 6.45) is 0. The van der Waals surface area contributed by atoms with Crippen molar-refractivity contribution in [3.63, 3.8) is 0 Å². The molecule has 5 heteroatoms. The van der Waals surface area contributed by atoms with Gasteiger partial charge in [0.25, 0.3) is 11.7 Å². The minimum absolute atomic E-state index is 0.0356. The number of carbonyl (C=O) groups excluding carboxylic acids is 2. The zero-order valence-corrected chi connectivity index (χ0v) is 14.6. The van der Waals surface area contributed by atoms with E-state index in [0.717, 1.165) is 0 Å². The SMILES string of the molecule is CC(C)CN1C(=O)C(=O)C(=C(O)c2ccccc2)[C@H]1c1ccc(F)cc1. The lowest BCUT2D eigenvalue weighted by molar-refractivity contribution is -0.140. The van der Waals surface area contributed by atoms with Crippen LogP contribution in [0.5, 0.6) is 0 Å². The molecule has 1 aliphatic rings. The van der Waals surface area contributed by atoms with Crippen molar-refractivity contribution in [1.82, 2.24) is 4.90 Å². The van der Waals surface area contributed by atoms with Crippen LogP contribution < -0.4 is 0 Å². The van der Waals surface area contributed by atoms with Crippen LogP contribution in [0.3, 0.4) is 0 Å². The van der Waals surface area contributed by atoms with Gasteiger partial charge in [0.1, 0.15) is 11.6 Å². The molecule has 1 heterocycles. The number of likely N-dealkylation sites (tertiary alicyclic amines) is 1. The highest BCUT2D eigenvalue weighted by molar-refractivity contribution is 6.46. The van der Waals surface area contributed by atoms with Crippen LogP contribution in [0, 0.1) is 11.7 Å². The summed E-state index contributed by atoms with van der Waals surface area (Å²) in [6, 6.07) is 13.5. The van der Waals surface area contributed by atoms with Gasteiger partial charge in [-0.3, -0.25) is 9.59 Å². The van der Waals surface area contributed by atoms with Gasteiger partial charge in [-0.2, -0.15) is 0 Å². The third kappa shape index (κ3) is 3.25. The summed E-state index contributed by atoms with van der Waals surface area (Å²) in [4.78, 5) is 26.7. The van der Waals surface area contributed by atoms with Gasteiger partial charge >= 0.3 is 0 Å². The maximum atomic E-state index is 13.3. The van der Waals surface area contributed by atoms with Gasteiger partial charge in [0, 0.05) is 12.1 Å². The molecule has 0 saturated carbocycles. The zero-order valence-electron chi connectivity index (χ0n) is 14.6. The van der Waals surface area contributed by atoms with Crippen LogP contribution in [-0.2, 0) is 9.59 Å². The first-order valence-corrected chi connectivity index (χ1v) is 8.49. The van der Waals surface area contributed by atoms with Gasteiger partial charge in [-0.25, -0.2) is 4.39 Å². The Morgan fingerprint density at radius 1 is 1.08 bits per heavy atom. The lowest BCUT2D eigenvalue weighted by Gasteiger charge is -2.26. The molecule has 2 aromatic rings. The predicted octanol–water partition coefficient (Wildman–Crippen LogP) is 3.90. The van der Waals surface area contributed by atoms with Gasteiger partial charge < -0.3 is 10.0 Å². The van der Waals surface area contributed by atoms with E-state index in [1.165, 1.54) is 29.2 Å². The van der Waals surface area contributed by atoms with E-state index in [1.54, 1.807) is 30.3 Å². The number of amides is 1. The molecular weight excluding hydrogens is 333 g/mol. The maximum absolute atomic E-state index is 13.3. The van der Waals surface area contributed by atoms with Crippen molar-refractivity contribution in [3.8, 4) is 0 Å². The molecule has 1 amide bonds. The maximum Gasteiger partial charge on any atom is 0.295 e. The Morgan fingerprint density at radius 2 is 1.69 bits per heavy atom. The standard InChI is InChI=1S/C21H20FNO3/c1-13(2)12-23-18(14-8-10-16(22)11-9-14)17(20(25)21(23)26)19(24)15-6-4-3-5-7-15/h3-11,13,18,24H,12H2,1-2H3/t18-/m1/s1. The molecule has 1 aliphatic heterocycles. The fraction of sp³-hybridized carbons (Fsp3) is 0.238. The van der Waals surface area contributed by atoms with Crippen LogP contribution >= 0.6 is 0 Å². The van der Waals surface area contributed by atoms with Gasteiger partial charge in [-0.15, -0.1) is 0 Å². The van der Waals surface area contributed by atoms with Gasteiger partial charge in [0.15, 0.2) is 0 Å². The van der Waals surface area contributed by atoms with Gasteiger partial charge in [0.05, 0.1) is 11.6 Å². The first-order chi connectivity index (χ1) is 12.4. The number of carbonyl (C=O) groups is 2. The number of aliphatic hydroxyl groups excluding tert-OH is 1. The van der Waals surface area contributed by atoms with Crippen LogP contribution in [0.15, 0.2) is 60.2 Å². The molecule has 3 rings (SSSR count). The molecule has 1 fully saturated rings. The van der Waals surface area contributed by atoms with Gasteiger partial charge in [0.2, 0.25) is 0 Å². The number of hydrogen-bond acceptors (Lipinski definition) is 3. The molecule has 1 N–H and O–H groups in total. The number of hydrogen-bond donors (Lipinski definition) is 1. The first-order valence-electron chi connectivity index (χ1n) is 8.49. The predicted molar refractivity (Wildman–Crippen MR) is 96.7 cm³/mol. The second-order valence-corrected chi connectivity index (χ2v) is 6.76. The van der Waals surface area contributed by atoms with E-state index in [0.29, 0.717) is 17.7 Å². The van der Waals surface area contributed by atoms with Crippen molar-refractivity contribution in [3.05, 3.63) is 77.1 Å². The molecule has 1 atom stereocenters. The minimum Gasteiger partial charge on any atom is -0.507 e. The number of halogens is 1. The summed E-state index contributed by atoms with van der Waals surface area (Å²) in [5, 5.41) is 10.8. The fourth-order valence-electron chi connectivity index (χ4n) is 3.20. The molecule has 134 valence electrons. The Morgan fingerprint density at radius 3 is 2.27 bits per heavy atom. The largest absolute Gasteiger partial charge is 0.507 e. The summed E-state index contributed by atoms with van der Waals surface area (Å²) >= 11 is 0. The number of benzene rings is 2. The number of Topliss-reactive ketones (excluding diaryl/α,β-unsaturated/α-hetero) is 1. The average Bonchev–Trinajstić information content (AvgIpc) is 2.87. The normalized spacial score (nSPS) is 19.4. The monoisotopic (exact) mass is 353 g/mol. The van der Waals surface area contributed by atoms with Crippen LogP contribution in [0.4, 0.5) is 4.39 Å². The minimum atomic E-state index is -0.738. The summed E-state index contributed by atoms with van der Waals surface area (Å²) in [5.74, 6) is -1.86. The van der Waals surface area contributed by atoms with Crippen molar-refractivity contribution in [1.29, 1.82) is 0 Å². The van der Waals surface area contributed by atoms with E-state index >= 15 is 0 Å². The Hall–Kier alpha value is -2.95. The van der Waals surface area contributed by atoms with Crippen LogP contribution in [0.25, 0.3) is 5.76 Å². The second-order valence-electron chi connectivity index (χ2n) is 6.76. The van der Waals surface area contributed by atoms with E-state index in [9.17, 15) is 19.1 Å².